The van der Waals surface area contributed by atoms with Gasteiger partial charge in [0, 0.05) is 0 Å². The minimum atomic E-state index is 1.13. The summed E-state index contributed by atoms with van der Waals surface area (Å²) in [5, 5.41) is 0. The van der Waals surface area contributed by atoms with Crippen LogP contribution in [0, 0.1) is 0 Å². The molecule has 0 aromatic carbocycles. The highest BCUT2D eigenvalue weighted by Crippen LogP contribution is 2.29. The van der Waals surface area contributed by atoms with E-state index in [1.54, 1.807) is 0 Å². The molecule has 0 unspecified atom stereocenters. The van der Waals surface area contributed by atoms with Gasteiger partial charge in [0.15, 0.2) is 0 Å². The van der Waals surface area contributed by atoms with Crippen molar-refractivity contribution in [2.45, 2.75) is 25.5 Å². The van der Waals surface area contributed by atoms with Crippen molar-refractivity contribution in [1.82, 2.24) is 0 Å². The van der Waals surface area contributed by atoms with Gasteiger partial charge in [0.2, 0.25) is 0 Å². The molecule has 0 aromatic heterocycles. The Morgan fingerprint density at radius 1 is 2.00 bits per heavy atom. The van der Waals surface area contributed by atoms with E-state index in [-0.39, 0.29) is 0 Å². The van der Waals surface area contributed by atoms with E-state index in [9.17, 15) is 0 Å². The van der Waals surface area contributed by atoms with Crippen molar-refractivity contribution in [2.24, 2.45) is 0 Å². The van der Waals surface area contributed by atoms with Crippen LogP contribution in [0.25, 0.3) is 0 Å². The molecule has 5 heavy (non-hydrogen) atoms. The van der Waals surface area contributed by atoms with Crippen molar-refractivity contribution in [1.29, 1.82) is 0 Å². The summed E-state index contributed by atoms with van der Waals surface area (Å²) in [6.45, 7) is 2.26. The Balaban J connectivity index is 2.00. The molecule has 0 saturated carbocycles. The average Bonchev–Trinajstić information content (AvgIpc) is 2.12. The molecule has 0 amide bonds. The second kappa shape index (κ2) is 1.04. The van der Waals surface area contributed by atoms with Crippen LogP contribution < -0.4 is 0 Å². The van der Waals surface area contributed by atoms with Gasteiger partial charge in [-0.15, -0.1) is 0 Å². The zero-order valence-electron chi connectivity index (χ0n) is 3.70. The van der Waals surface area contributed by atoms with E-state index in [2.05, 4.69) is 6.92 Å². The largest absolute Gasteiger partial charge is 0.122 e. The molecule has 1 heterocycles. The Morgan fingerprint density at radius 3 is 2.60 bits per heavy atom. The predicted octanol–water partition coefficient (Wildman–Crippen LogP) is 1.05. The Morgan fingerprint density at radius 2 is 2.60 bits per heavy atom. The van der Waals surface area contributed by atoms with Crippen molar-refractivity contribution in [3.05, 3.63) is 0 Å². The summed E-state index contributed by atoms with van der Waals surface area (Å²) in [5.41, 5.74) is 0. The molecule has 1 aliphatic heterocycles. The van der Waals surface area contributed by atoms with Crippen molar-refractivity contribution in [3.63, 3.8) is 0 Å². The van der Waals surface area contributed by atoms with Gasteiger partial charge in [-0.2, -0.15) is 0 Å². The fourth-order valence-electron chi connectivity index (χ4n) is 0.526. The molecular formula is C4H9B. The quantitative estimate of drug-likeness (QED) is 0.403. The van der Waals surface area contributed by atoms with E-state index >= 15 is 0 Å². The second-order valence-corrected chi connectivity index (χ2v) is 1.85. The molecule has 0 N–H and O–H groups in total. The summed E-state index contributed by atoms with van der Waals surface area (Å²) < 4.78 is 0. The first-order chi connectivity index (χ1) is 2.43. The van der Waals surface area contributed by atoms with Crippen LogP contribution in [0.1, 0.15) is 13.3 Å². The lowest BCUT2D eigenvalue weighted by Crippen LogP contribution is -1.56. The van der Waals surface area contributed by atoms with E-state index in [4.69, 9.17) is 0 Å². The Bertz CT molecular complexity index is 30.6. The highest BCUT2D eigenvalue weighted by atomic mass is 14.0. The molecule has 1 aliphatic rings. The van der Waals surface area contributed by atoms with E-state index in [0.29, 0.717) is 0 Å². The van der Waals surface area contributed by atoms with E-state index in [1.807, 2.05) is 0 Å². The molecular weight excluding hydrogens is 58.9 g/mol. The summed E-state index contributed by atoms with van der Waals surface area (Å²) in [5.74, 6) is 1.13. The van der Waals surface area contributed by atoms with Crippen LogP contribution in [0.2, 0.25) is 12.1 Å². The van der Waals surface area contributed by atoms with Gasteiger partial charge in [0.25, 0.3) is 0 Å². The maximum atomic E-state index is 2.26. The smallest absolute Gasteiger partial charge is 0.0812 e. The number of hydrogen-bond acceptors (Lipinski definition) is 0. The highest BCUT2D eigenvalue weighted by molar-refractivity contribution is 6.50. The topological polar surface area (TPSA) is 0 Å². The molecule has 0 bridgehead atoms. The fourth-order valence-corrected chi connectivity index (χ4v) is 0.526. The Labute approximate surface area is 33.8 Å². The van der Waals surface area contributed by atoms with Gasteiger partial charge in [-0.25, -0.2) is 0 Å². The molecule has 1 fully saturated rings. The zero-order valence-corrected chi connectivity index (χ0v) is 3.70. The van der Waals surface area contributed by atoms with Crippen LogP contribution in [-0.2, 0) is 0 Å². The van der Waals surface area contributed by atoms with Gasteiger partial charge in [0.05, 0.1) is 0 Å². The van der Waals surface area contributed by atoms with Crippen molar-refractivity contribution in [3.8, 4) is 0 Å². The fraction of sp³-hybridized carbons (Fsp3) is 1.00. The molecule has 1 heteroatoms. The van der Waals surface area contributed by atoms with Crippen molar-refractivity contribution < 1.29 is 0 Å². The van der Waals surface area contributed by atoms with Crippen LogP contribution in [0.3, 0.4) is 0 Å². The molecule has 0 spiro atoms. The first-order valence-electron chi connectivity index (χ1n) is 2.43. The molecule has 28 valence electrons. The van der Waals surface area contributed by atoms with Gasteiger partial charge in [0.1, 0.15) is 7.28 Å². The maximum Gasteiger partial charge on any atom is 0.122 e. The summed E-state index contributed by atoms with van der Waals surface area (Å²) in [7, 11) is 1.51. The normalized spacial score (nSPS) is 32.6. The summed E-state index contributed by atoms with van der Waals surface area (Å²) in [6.07, 6.45) is 2.93. The summed E-state index contributed by atoms with van der Waals surface area (Å²) >= 11 is 0. The average molecular weight is 67.9 g/mol. The third kappa shape index (κ3) is 0.676. The molecule has 0 radical (unpaired) electrons. The SMILES string of the molecule is CC[C@@H]1BC1. The van der Waals surface area contributed by atoms with E-state index in [1.165, 1.54) is 20.0 Å². The Hall–Kier alpha value is 0.0649. The standard InChI is InChI=1S/C4H9B/c1-2-4-3-5-4/h4-5H,2-3H2,1H3/t4-/m0/s1. The Kier molecular flexibility index (Phi) is 0.677. The van der Waals surface area contributed by atoms with Crippen LogP contribution in [0.4, 0.5) is 0 Å². The molecule has 1 rings (SSSR count). The molecule has 1 saturated heterocycles. The van der Waals surface area contributed by atoms with Gasteiger partial charge in [-0.05, 0) is 0 Å². The van der Waals surface area contributed by atoms with Crippen LogP contribution in [-0.4, -0.2) is 7.28 Å². The molecule has 1 atom stereocenters. The molecule has 0 aromatic rings. The monoisotopic (exact) mass is 68.1 g/mol. The minimum Gasteiger partial charge on any atom is -0.0812 e. The third-order valence-electron chi connectivity index (χ3n) is 1.27. The first-order valence-corrected chi connectivity index (χ1v) is 2.43. The summed E-state index contributed by atoms with van der Waals surface area (Å²) in [4.78, 5) is 0. The van der Waals surface area contributed by atoms with Crippen LogP contribution in [0.15, 0.2) is 0 Å². The molecule has 0 aliphatic carbocycles. The lowest BCUT2D eigenvalue weighted by Gasteiger charge is -1.73. The van der Waals surface area contributed by atoms with Gasteiger partial charge < -0.3 is 0 Å². The number of rotatable bonds is 1. The lowest BCUT2D eigenvalue weighted by molar-refractivity contribution is 0.959. The number of hydrogen-bond donors (Lipinski definition) is 0. The predicted molar refractivity (Wildman–Crippen MR) is 26.0 cm³/mol. The summed E-state index contributed by atoms with van der Waals surface area (Å²) in [6, 6.07) is 0. The lowest BCUT2D eigenvalue weighted by atomic mass is 10.0. The third-order valence-corrected chi connectivity index (χ3v) is 1.27. The second-order valence-electron chi connectivity index (χ2n) is 1.85. The highest BCUT2D eigenvalue weighted by Gasteiger charge is 2.19. The van der Waals surface area contributed by atoms with Gasteiger partial charge in [-0.1, -0.05) is 25.5 Å². The minimum absolute atomic E-state index is 1.13. The van der Waals surface area contributed by atoms with E-state index < -0.39 is 0 Å². The van der Waals surface area contributed by atoms with Gasteiger partial charge in [-0.3, -0.25) is 0 Å². The first kappa shape index (κ1) is 3.26. The molecule has 0 nitrogen and oxygen atoms in total. The van der Waals surface area contributed by atoms with Crippen LogP contribution in [0.5, 0.6) is 0 Å². The maximum absolute atomic E-state index is 2.26. The van der Waals surface area contributed by atoms with Gasteiger partial charge >= 0.3 is 0 Å². The van der Waals surface area contributed by atoms with Crippen molar-refractivity contribution >= 4 is 7.28 Å². The zero-order chi connectivity index (χ0) is 3.70. The van der Waals surface area contributed by atoms with E-state index in [0.717, 1.165) is 5.82 Å². The van der Waals surface area contributed by atoms with Crippen LogP contribution >= 0.6 is 0 Å². The van der Waals surface area contributed by atoms with Crippen molar-refractivity contribution in [2.75, 3.05) is 0 Å².